The number of aryl methyl sites for hydroxylation is 1. The van der Waals surface area contributed by atoms with Gasteiger partial charge in [0.1, 0.15) is 11.0 Å². The van der Waals surface area contributed by atoms with Crippen molar-refractivity contribution in [2.24, 2.45) is 0 Å². The monoisotopic (exact) mass is 338 g/mol. The fraction of sp³-hybridized carbons (Fsp3) is 0.0588. The molecule has 0 spiro atoms. The highest BCUT2D eigenvalue weighted by Gasteiger charge is 2.18. The number of anilines is 1. The Morgan fingerprint density at radius 2 is 1.83 bits per heavy atom. The quantitative estimate of drug-likeness (QED) is 0.763. The highest BCUT2D eigenvalue weighted by atomic mass is 32.2. The fourth-order valence-electron chi connectivity index (χ4n) is 2.35. The van der Waals surface area contributed by atoms with Crippen molar-refractivity contribution in [1.82, 2.24) is 9.97 Å². The summed E-state index contributed by atoms with van der Waals surface area (Å²) in [6, 6.07) is 14.9. The predicted molar refractivity (Wildman–Crippen MR) is 90.7 cm³/mol. The summed E-state index contributed by atoms with van der Waals surface area (Å²) in [7, 11) is -3.83. The van der Waals surface area contributed by atoms with Gasteiger partial charge in [0.2, 0.25) is 0 Å². The van der Waals surface area contributed by atoms with Crippen molar-refractivity contribution in [2.45, 2.75) is 11.8 Å². The summed E-state index contributed by atoms with van der Waals surface area (Å²) < 4.78 is 27.4. The fourth-order valence-corrected chi connectivity index (χ4v) is 3.57. The molecule has 7 heteroatoms. The molecule has 0 radical (unpaired) electrons. The van der Waals surface area contributed by atoms with Crippen LogP contribution in [0.4, 0.5) is 5.69 Å². The number of benzene rings is 2. The first-order valence-corrected chi connectivity index (χ1v) is 8.62. The van der Waals surface area contributed by atoms with Crippen molar-refractivity contribution < 1.29 is 8.42 Å². The van der Waals surface area contributed by atoms with Gasteiger partial charge >= 0.3 is 0 Å². The number of sulfonamides is 1. The molecule has 24 heavy (non-hydrogen) atoms. The number of nitriles is 1. The van der Waals surface area contributed by atoms with E-state index in [0.29, 0.717) is 5.69 Å². The molecule has 6 nitrogen and oxygen atoms in total. The van der Waals surface area contributed by atoms with Crippen LogP contribution in [0.5, 0.6) is 0 Å². The molecule has 0 aliphatic rings. The van der Waals surface area contributed by atoms with Crippen molar-refractivity contribution in [1.29, 1.82) is 5.26 Å². The van der Waals surface area contributed by atoms with Gasteiger partial charge in [0.15, 0.2) is 0 Å². The lowest BCUT2D eigenvalue weighted by Gasteiger charge is -2.09. The van der Waals surface area contributed by atoms with E-state index in [-0.39, 0.29) is 10.5 Å². The largest absolute Gasteiger partial charge is 0.348 e. The molecule has 2 N–H and O–H groups in total. The van der Waals surface area contributed by atoms with Gasteiger partial charge in [-0.25, -0.2) is 13.4 Å². The van der Waals surface area contributed by atoms with Gasteiger partial charge in [0.25, 0.3) is 10.0 Å². The highest BCUT2D eigenvalue weighted by molar-refractivity contribution is 7.92. The maximum absolute atomic E-state index is 12.5. The lowest BCUT2D eigenvalue weighted by Crippen LogP contribution is -2.14. The van der Waals surface area contributed by atoms with E-state index < -0.39 is 10.0 Å². The average molecular weight is 338 g/mol. The summed E-state index contributed by atoms with van der Waals surface area (Å²) in [6.45, 7) is 1.91. The first-order valence-electron chi connectivity index (χ1n) is 7.13. The standard InChI is InChI=1S/C17H14N4O2S/c1-12-17(20-11-19-12)13-6-8-15(9-7-13)21-24(22,23)16-5-3-2-4-14(16)10-18/h2-9,11,21H,1H3,(H,19,20). The predicted octanol–water partition coefficient (Wildman–Crippen LogP) is 3.06. The van der Waals surface area contributed by atoms with E-state index in [1.807, 2.05) is 13.0 Å². The number of aromatic amines is 1. The minimum Gasteiger partial charge on any atom is -0.348 e. The Kier molecular flexibility index (Phi) is 4.06. The van der Waals surface area contributed by atoms with Gasteiger partial charge in [-0.05, 0) is 31.2 Å². The van der Waals surface area contributed by atoms with Gasteiger partial charge < -0.3 is 4.98 Å². The zero-order valence-electron chi connectivity index (χ0n) is 12.8. The maximum atomic E-state index is 12.5. The molecule has 0 unspecified atom stereocenters. The summed E-state index contributed by atoms with van der Waals surface area (Å²) in [5.41, 5.74) is 3.16. The number of hydrogen-bond donors (Lipinski definition) is 2. The first-order chi connectivity index (χ1) is 11.5. The molecule has 1 heterocycles. The van der Waals surface area contributed by atoms with Crippen LogP contribution in [0.1, 0.15) is 11.3 Å². The van der Waals surface area contributed by atoms with E-state index in [2.05, 4.69) is 14.7 Å². The maximum Gasteiger partial charge on any atom is 0.263 e. The van der Waals surface area contributed by atoms with Gasteiger partial charge in [-0.3, -0.25) is 4.72 Å². The van der Waals surface area contributed by atoms with Gasteiger partial charge in [-0.2, -0.15) is 5.26 Å². The summed E-state index contributed by atoms with van der Waals surface area (Å²) in [6.07, 6.45) is 1.61. The van der Waals surface area contributed by atoms with Crippen LogP contribution in [0, 0.1) is 18.3 Å². The van der Waals surface area contributed by atoms with E-state index >= 15 is 0 Å². The Bertz CT molecular complexity index is 1020. The number of hydrogen-bond acceptors (Lipinski definition) is 4. The molecule has 0 aliphatic heterocycles. The van der Waals surface area contributed by atoms with Crippen LogP contribution >= 0.6 is 0 Å². The topological polar surface area (TPSA) is 98.6 Å². The van der Waals surface area contributed by atoms with Gasteiger partial charge in [0, 0.05) is 16.9 Å². The third-order valence-corrected chi connectivity index (χ3v) is 4.98. The second-order valence-electron chi connectivity index (χ2n) is 5.17. The summed E-state index contributed by atoms with van der Waals surface area (Å²) in [4.78, 5) is 7.19. The van der Waals surface area contributed by atoms with Gasteiger partial charge in [-0.1, -0.05) is 24.3 Å². The third kappa shape index (κ3) is 3.00. The molecule has 2 aromatic carbocycles. The minimum atomic E-state index is -3.83. The van der Waals surface area contributed by atoms with E-state index in [9.17, 15) is 8.42 Å². The minimum absolute atomic E-state index is 0.0419. The van der Waals surface area contributed by atoms with Crippen molar-refractivity contribution >= 4 is 15.7 Å². The number of nitrogens with zero attached hydrogens (tertiary/aromatic N) is 2. The van der Waals surface area contributed by atoms with Crippen molar-refractivity contribution in [3.05, 3.63) is 66.1 Å². The normalized spacial score (nSPS) is 11.0. The van der Waals surface area contributed by atoms with Crippen molar-refractivity contribution in [3.63, 3.8) is 0 Å². The number of H-pyrrole nitrogens is 1. The molecule has 0 bridgehead atoms. The average Bonchev–Trinajstić information content (AvgIpc) is 3.01. The number of aromatic nitrogens is 2. The van der Waals surface area contributed by atoms with Crippen LogP contribution in [0.2, 0.25) is 0 Å². The molecular weight excluding hydrogens is 324 g/mol. The van der Waals surface area contributed by atoms with Crippen LogP contribution in [0.15, 0.2) is 59.8 Å². The van der Waals surface area contributed by atoms with Gasteiger partial charge in [-0.15, -0.1) is 0 Å². The van der Waals surface area contributed by atoms with E-state index in [1.165, 1.54) is 12.1 Å². The molecule has 0 aliphatic carbocycles. The van der Waals surface area contributed by atoms with Crippen LogP contribution < -0.4 is 4.72 Å². The van der Waals surface area contributed by atoms with E-state index in [0.717, 1.165) is 17.0 Å². The van der Waals surface area contributed by atoms with E-state index in [1.54, 1.807) is 42.7 Å². The Labute approximate surface area is 139 Å². The molecule has 3 rings (SSSR count). The van der Waals surface area contributed by atoms with Crippen LogP contribution in [-0.2, 0) is 10.0 Å². The molecule has 0 saturated heterocycles. The molecule has 0 fully saturated rings. The van der Waals surface area contributed by atoms with E-state index in [4.69, 9.17) is 5.26 Å². The lowest BCUT2D eigenvalue weighted by atomic mass is 10.1. The first kappa shape index (κ1) is 15.8. The number of nitrogens with one attached hydrogen (secondary N) is 2. The Balaban J connectivity index is 1.89. The van der Waals surface area contributed by atoms with Crippen molar-refractivity contribution in [3.8, 4) is 17.3 Å². The van der Waals surface area contributed by atoms with Crippen molar-refractivity contribution in [2.75, 3.05) is 4.72 Å². The Hall–Kier alpha value is -3.11. The van der Waals surface area contributed by atoms with Gasteiger partial charge in [0.05, 0.1) is 17.6 Å². The molecular formula is C17H14N4O2S. The zero-order valence-corrected chi connectivity index (χ0v) is 13.6. The molecule has 0 saturated carbocycles. The molecule has 0 atom stereocenters. The summed E-state index contributed by atoms with van der Waals surface area (Å²) in [5.74, 6) is 0. The summed E-state index contributed by atoms with van der Waals surface area (Å²) in [5, 5.41) is 9.06. The Morgan fingerprint density at radius 3 is 2.46 bits per heavy atom. The number of rotatable bonds is 4. The molecule has 1 aromatic heterocycles. The SMILES string of the molecule is Cc1[nH]cnc1-c1ccc(NS(=O)(=O)c2ccccc2C#N)cc1. The number of imidazole rings is 1. The smallest absolute Gasteiger partial charge is 0.263 e. The molecule has 120 valence electrons. The molecule has 3 aromatic rings. The van der Waals surface area contributed by atoms with Crippen LogP contribution in [-0.4, -0.2) is 18.4 Å². The molecule has 0 amide bonds. The Morgan fingerprint density at radius 1 is 1.12 bits per heavy atom. The van der Waals surface area contributed by atoms with Crippen LogP contribution in [0.25, 0.3) is 11.3 Å². The second kappa shape index (κ2) is 6.18. The van der Waals surface area contributed by atoms with Crippen LogP contribution in [0.3, 0.4) is 0 Å². The third-order valence-electron chi connectivity index (χ3n) is 3.54. The second-order valence-corrected chi connectivity index (χ2v) is 6.82. The zero-order chi connectivity index (χ0) is 17.2. The lowest BCUT2D eigenvalue weighted by molar-refractivity contribution is 0.601. The summed E-state index contributed by atoms with van der Waals surface area (Å²) >= 11 is 0. The highest BCUT2D eigenvalue weighted by Crippen LogP contribution is 2.24.